The highest BCUT2D eigenvalue weighted by atomic mass is 32.1. The summed E-state index contributed by atoms with van der Waals surface area (Å²) in [5.74, 6) is -0.918. The second kappa shape index (κ2) is 8.86. The number of hydrogen-bond acceptors (Lipinski definition) is 4. The molecule has 0 radical (unpaired) electrons. The molecule has 1 aromatic rings. The van der Waals surface area contributed by atoms with Crippen LogP contribution in [0.2, 0.25) is 0 Å². The largest absolute Gasteiger partial charge is 0.481 e. The molecule has 0 bridgehead atoms. The van der Waals surface area contributed by atoms with Gasteiger partial charge in [-0.25, -0.2) is 0 Å². The Balaban J connectivity index is 1.85. The van der Waals surface area contributed by atoms with E-state index in [4.69, 9.17) is 5.11 Å². The Kier molecular flexibility index (Phi) is 6.66. The van der Waals surface area contributed by atoms with Crippen molar-refractivity contribution in [3.63, 3.8) is 0 Å². The molecule has 0 aromatic carbocycles. The van der Waals surface area contributed by atoms with Crippen molar-refractivity contribution in [2.24, 2.45) is 11.3 Å². The molecule has 2 aliphatic carbocycles. The predicted octanol–water partition coefficient (Wildman–Crippen LogP) is 4.37. The van der Waals surface area contributed by atoms with E-state index in [9.17, 15) is 14.4 Å². The van der Waals surface area contributed by atoms with Gasteiger partial charge in [0.1, 0.15) is 5.00 Å². The van der Waals surface area contributed by atoms with Crippen LogP contribution in [0.3, 0.4) is 0 Å². The second-order valence-corrected chi connectivity index (χ2v) is 10.5. The van der Waals surface area contributed by atoms with Gasteiger partial charge < -0.3 is 15.7 Å². The minimum atomic E-state index is -1.00. The standard InChI is InChI=1S/C22H32N2O4S/c1-22(2,3)13-8-9-15-16(12-13)29-21(24-17(25)10-11-18(26)27)19(15)20(28)23-14-6-4-5-7-14/h13-14H,4-12H2,1-3H3,(H,23,28)(H,24,25)(H,26,27)/t13-/m0/s1. The molecule has 0 unspecified atom stereocenters. The molecule has 1 atom stereocenters. The van der Waals surface area contributed by atoms with Gasteiger partial charge in [0.2, 0.25) is 5.91 Å². The molecular formula is C22H32N2O4S. The van der Waals surface area contributed by atoms with Gasteiger partial charge in [0.15, 0.2) is 0 Å². The first kappa shape index (κ1) is 21.8. The van der Waals surface area contributed by atoms with Crippen molar-refractivity contribution in [1.29, 1.82) is 0 Å². The fraction of sp³-hybridized carbons (Fsp3) is 0.682. The Hall–Kier alpha value is -1.89. The molecule has 3 rings (SSSR count). The van der Waals surface area contributed by atoms with E-state index in [0.29, 0.717) is 16.5 Å². The zero-order valence-corrected chi connectivity index (χ0v) is 18.4. The van der Waals surface area contributed by atoms with Crippen molar-refractivity contribution in [2.75, 3.05) is 5.32 Å². The molecule has 29 heavy (non-hydrogen) atoms. The maximum Gasteiger partial charge on any atom is 0.303 e. The van der Waals surface area contributed by atoms with E-state index in [0.717, 1.165) is 50.5 Å². The van der Waals surface area contributed by atoms with E-state index in [-0.39, 0.29) is 36.1 Å². The Morgan fingerprint density at radius 1 is 1.10 bits per heavy atom. The first-order chi connectivity index (χ1) is 13.6. The minimum absolute atomic E-state index is 0.0911. The first-order valence-electron chi connectivity index (χ1n) is 10.6. The van der Waals surface area contributed by atoms with Crippen molar-refractivity contribution in [3.05, 3.63) is 16.0 Å². The Morgan fingerprint density at radius 2 is 1.79 bits per heavy atom. The van der Waals surface area contributed by atoms with Gasteiger partial charge in [-0.3, -0.25) is 14.4 Å². The van der Waals surface area contributed by atoms with E-state index >= 15 is 0 Å². The van der Waals surface area contributed by atoms with E-state index in [1.165, 1.54) is 16.2 Å². The number of carboxylic acids is 1. The van der Waals surface area contributed by atoms with Gasteiger partial charge >= 0.3 is 5.97 Å². The molecule has 6 nitrogen and oxygen atoms in total. The molecule has 2 aliphatic rings. The Morgan fingerprint density at radius 3 is 2.41 bits per heavy atom. The molecule has 1 heterocycles. The van der Waals surface area contributed by atoms with Crippen molar-refractivity contribution in [2.45, 2.75) is 84.6 Å². The van der Waals surface area contributed by atoms with Crippen LogP contribution >= 0.6 is 11.3 Å². The number of rotatable bonds is 6. The number of thiophene rings is 1. The third kappa shape index (κ3) is 5.38. The van der Waals surface area contributed by atoms with Crippen LogP contribution in [0.1, 0.15) is 86.5 Å². The molecule has 3 N–H and O–H groups in total. The zero-order chi connectivity index (χ0) is 21.2. The number of aliphatic carboxylic acids is 1. The third-order valence-electron chi connectivity index (χ3n) is 6.23. The summed E-state index contributed by atoms with van der Waals surface area (Å²) in [5.41, 5.74) is 1.87. The smallest absolute Gasteiger partial charge is 0.303 e. The highest BCUT2D eigenvalue weighted by Crippen LogP contribution is 2.44. The minimum Gasteiger partial charge on any atom is -0.481 e. The van der Waals surface area contributed by atoms with Crippen LogP contribution in [-0.2, 0) is 22.4 Å². The fourth-order valence-electron chi connectivity index (χ4n) is 4.39. The van der Waals surface area contributed by atoms with Crippen LogP contribution in [0.5, 0.6) is 0 Å². The van der Waals surface area contributed by atoms with E-state index < -0.39 is 5.97 Å². The van der Waals surface area contributed by atoms with Gasteiger partial charge in [-0.05, 0) is 49.0 Å². The van der Waals surface area contributed by atoms with Crippen LogP contribution in [0.4, 0.5) is 5.00 Å². The summed E-state index contributed by atoms with van der Waals surface area (Å²) in [6.45, 7) is 6.75. The Bertz CT molecular complexity index is 787. The number of amides is 2. The first-order valence-corrected chi connectivity index (χ1v) is 11.4. The lowest BCUT2D eigenvalue weighted by Gasteiger charge is -2.33. The lowest BCUT2D eigenvalue weighted by molar-refractivity contribution is -0.138. The normalized spacial score (nSPS) is 19.6. The number of nitrogens with one attached hydrogen (secondary N) is 2. The van der Waals surface area contributed by atoms with Crippen LogP contribution in [0, 0.1) is 11.3 Å². The summed E-state index contributed by atoms with van der Waals surface area (Å²) in [6.07, 6.45) is 6.76. The second-order valence-electron chi connectivity index (χ2n) is 9.41. The summed E-state index contributed by atoms with van der Waals surface area (Å²) in [7, 11) is 0. The average molecular weight is 421 g/mol. The molecule has 0 spiro atoms. The van der Waals surface area contributed by atoms with Crippen molar-refractivity contribution < 1.29 is 19.5 Å². The lowest BCUT2D eigenvalue weighted by atomic mass is 9.72. The summed E-state index contributed by atoms with van der Waals surface area (Å²) < 4.78 is 0. The molecular weight excluding hydrogens is 388 g/mol. The molecule has 0 saturated heterocycles. The van der Waals surface area contributed by atoms with E-state index in [1.807, 2.05) is 0 Å². The van der Waals surface area contributed by atoms with Gasteiger partial charge in [0, 0.05) is 17.3 Å². The highest BCUT2D eigenvalue weighted by Gasteiger charge is 2.34. The number of carbonyl (C=O) groups is 3. The van der Waals surface area contributed by atoms with Crippen LogP contribution in [0.25, 0.3) is 0 Å². The maximum atomic E-state index is 13.1. The molecule has 2 amide bonds. The average Bonchev–Trinajstić information content (AvgIpc) is 3.25. The van der Waals surface area contributed by atoms with E-state index in [1.54, 1.807) is 0 Å². The molecule has 7 heteroatoms. The van der Waals surface area contributed by atoms with Gasteiger partial charge in [0.05, 0.1) is 12.0 Å². The van der Waals surface area contributed by atoms with Crippen molar-refractivity contribution >= 4 is 34.1 Å². The molecule has 1 aromatic heterocycles. The monoisotopic (exact) mass is 420 g/mol. The summed E-state index contributed by atoms with van der Waals surface area (Å²) in [6, 6.07) is 0.208. The van der Waals surface area contributed by atoms with Crippen LogP contribution in [-0.4, -0.2) is 28.9 Å². The summed E-state index contributed by atoms with van der Waals surface area (Å²) >= 11 is 1.49. The lowest BCUT2D eigenvalue weighted by Crippen LogP contribution is -2.34. The molecule has 160 valence electrons. The summed E-state index contributed by atoms with van der Waals surface area (Å²) in [5, 5.41) is 15.4. The van der Waals surface area contributed by atoms with E-state index in [2.05, 4.69) is 31.4 Å². The van der Waals surface area contributed by atoms with Crippen molar-refractivity contribution in [1.82, 2.24) is 5.32 Å². The zero-order valence-electron chi connectivity index (χ0n) is 17.6. The quantitative estimate of drug-likeness (QED) is 0.636. The summed E-state index contributed by atoms with van der Waals surface area (Å²) in [4.78, 5) is 37.4. The molecule has 1 fully saturated rings. The topological polar surface area (TPSA) is 95.5 Å². The van der Waals surface area contributed by atoms with Crippen LogP contribution < -0.4 is 10.6 Å². The number of carboxylic acid groups (broad SMARTS) is 1. The number of fused-ring (bicyclic) bond motifs is 1. The molecule has 1 saturated carbocycles. The number of anilines is 1. The third-order valence-corrected chi connectivity index (χ3v) is 7.40. The number of carbonyl (C=O) groups excluding carboxylic acids is 2. The highest BCUT2D eigenvalue weighted by molar-refractivity contribution is 7.17. The van der Waals surface area contributed by atoms with Crippen LogP contribution in [0.15, 0.2) is 0 Å². The van der Waals surface area contributed by atoms with Gasteiger partial charge in [0.25, 0.3) is 5.91 Å². The SMILES string of the molecule is CC(C)(C)[C@H]1CCc2c(sc(NC(=O)CCC(=O)O)c2C(=O)NC2CCCC2)C1. The predicted molar refractivity (Wildman–Crippen MR) is 115 cm³/mol. The molecule has 0 aliphatic heterocycles. The van der Waals surface area contributed by atoms with Crippen molar-refractivity contribution in [3.8, 4) is 0 Å². The maximum absolute atomic E-state index is 13.1. The van der Waals surface area contributed by atoms with Gasteiger partial charge in [-0.15, -0.1) is 11.3 Å². The number of hydrogen-bond donors (Lipinski definition) is 3. The Labute approximate surface area is 176 Å². The van der Waals surface area contributed by atoms with Gasteiger partial charge in [-0.2, -0.15) is 0 Å². The fourth-order valence-corrected chi connectivity index (χ4v) is 5.73. The van der Waals surface area contributed by atoms with Gasteiger partial charge in [-0.1, -0.05) is 33.6 Å².